The zero-order valence-electron chi connectivity index (χ0n) is 22.3. The summed E-state index contributed by atoms with van der Waals surface area (Å²) in [4.78, 5) is 15.3. The lowest BCUT2D eigenvalue weighted by molar-refractivity contribution is -0.276. The molecule has 0 aliphatic heterocycles. The summed E-state index contributed by atoms with van der Waals surface area (Å²) in [5, 5.41) is 20.6. The Morgan fingerprint density at radius 2 is 1.71 bits per heavy atom. The van der Waals surface area contributed by atoms with Crippen molar-refractivity contribution in [1.29, 1.82) is 0 Å². The molecule has 10 heteroatoms. The molecule has 3 unspecified atom stereocenters. The number of carboxylic acid groups (broad SMARTS) is 1. The molecule has 1 heterocycles. The predicted octanol–water partition coefficient (Wildman–Crippen LogP) is 8.51. The first kappa shape index (κ1) is 29.6. The van der Waals surface area contributed by atoms with Crippen LogP contribution in [0.25, 0.3) is 6.08 Å². The number of aromatic carboxylic acids is 1. The lowest BCUT2D eigenvalue weighted by atomic mass is 9.80. The smallest absolute Gasteiger partial charge is 0.423 e. The number of nitrogens with zero attached hydrogens (tertiary/aromatic N) is 1. The molecular weight excluding hydrogens is 590 g/mol. The fourth-order valence-corrected chi connectivity index (χ4v) is 5.81. The van der Waals surface area contributed by atoms with Gasteiger partial charge in [0.15, 0.2) is 0 Å². The van der Waals surface area contributed by atoms with Crippen molar-refractivity contribution in [3.05, 3.63) is 134 Å². The third-order valence-corrected chi connectivity index (χ3v) is 8.14. The first-order valence-corrected chi connectivity index (χ1v) is 13.6. The number of halogens is 5. The number of benzene rings is 3. The number of rotatable bonds is 7. The van der Waals surface area contributed by atoms with Crippen molar-refractivity contribution in [2.24, 2.45) is 0 Å². The Kier molecular flexibility index (Phi) is 7.83. The second-order valence-corrected chi connectivity index (χ2v) is 11.0. The van der Waals surface area contributed by atoms with E-state index < -0.39 is 35.3 Å². The molecule has 3 aromatic carbocycles. The highest BCUT2D eigenvalue weighted by Crippen LogP contribution is 2.50. The van der Waals surface area contributed by atoms with Gasteiger partial charge in [0.1, 0.15) is 11.5 Å². The highest BCUT2D eigenvalue weighted by molar-refractivity contribution is 6.32. The van der Waals surface area contributed by atoms with Crippen LogP contribution < -0.4 is 4.74 Å². The van der Waals surface area contributed by atoms with Crippen LogP contribution in [-0.2, 0) is 5.60 Å². The largest absolute Gasteiger partial charge is 0.478 e. The molecular formula is C32H24Cl2F3NO4. The summed E-state index contributed by atoms with van der Waals surface area (Å²) in [6.07, 6.45) is -1.96. The summed E-state index contributed by atoms with van der Waals surface area (Å²) in [6.45, 7) is 2.93. The van der Waals surface area contributed by atoms with E-state index in [1.165, 1.54) is 49.5 Å². The minimum Gasteiger partial charge on any atom is -0.478 e. The third kappa shape index (κ3) is 5.26. The molecule has 0 bridgehead atoms. The highest BCUT2D eigenvalue weighted by Gasteiger charge is 2.60. The molecule has 0 fully saturated rings. The number of aryl methyl sites for hydroxylation is 1. The van der Waals surface area contributed by atoms with Gasteiger partial charge in [-0.1, -0.05) is 72.6 Å². The van der Waals surface area contributed by atoms with E-state index in [9.17, 15) is 28.2 Å². The van der Waals surface area contributed by atoms with Crippen molar-refractivity contribution in [2.45, 2.75) is 37.5 Å². The molecule has 5 nitrogen and oxygen atoms in total. The molecule has 3 atom stereocenters. The topological polar surface area (TPSA) is 79.7 Å². The van der Waals surface area contributed by atoms with Crippen LogP contribution >= 0.6 is 23.2 Å². The van der Waals surface area contributed by atoms with E-state index in [-0.39, 0.29) is 26.9 Å². The Balaban J connectivity index is 1.49. The fourth-order valence-electron chi connectivity index (χ4n) is 5.19. The molecule has 4 aromatic rings. The molecule has 42 heavy (non-hydrogen) atoms. The first-order chi connectivity index (χ1) is 19.8. The van der Waals surface area contributed by atoms with Gasteiger partial charge in [0.05, 0.1) is 17.2 Å². The minimum atomic E-state index is -5.05. The van der Waals surface area contributed by atoms with Gasteiger partial charge in [0.25, 0.3) is 0 Å². The maximum atomic E-state index is 14.3. The minimum absolute atomic E-state index is 0.0358. The van der Waals surface area contributed by atoms with Gasteiger partial charge < -0.3 is 14.9 Å². The number of hydrogen-bond donors (Lipinski definition) is 2. The van der Waals surface area contributed by atoms with Crippen LogP contribution in [0, 0.1) is 6.92 Å². The molecule has 1 aromatic heterocycles. The summed E-state index contributed by atoms with van der Waals surface area (Å²) < 4.78 is 49.2. The van der Waals surface area contributed by atoms with Crippen LogP contribution in [0.4, 0.5) is 13.2 Å². The normalized spacial score (nSPS) is 16.8. The number of alkyl halides is 3. The Labute approximate surface area is 249 Å². The van der Waals surface area contributed by atoms with Crippen molar-refractivity contribution >= 4 is 35.2 Å². The monoisotopic (exact) mass is 613 g/mol. The summed E-state index contributed by atoms with van der Waals surface area (Å²) in [5.41, 5.74) is -0.718. The van der Waals surface area contributed by atoms with Crippen LogP contribution in [0.3, 0.4) is 0 Å². The van der Waals surface area contributed by atoms with Gasteiger partial charge in [0.2, 0.25) is 5.60 Å². The van der Waals surface area contributed by atoms with Gasteiger partial charge in [-0.3, -0.25) is 4.98 Å². The number of fused-ring (bicyclic) bond motifs is 1. The van der Waals surface area contributed by atoms with Crippen LogP contribution in [-0.4, -0.2) is 27.3 Å². The van der Waals surface area contributed by atoms with E-state index in [4.69, 9.17) is 27.9 Å². The van der Waals surface area contributed by atoms with Crippen molar-refractivity contribution in [3.8, 4) is 5.75 Å². The highest BCUT2D eigenvalue weighted by atomic mass is 35.5. The number of aliphatic hydroxyl groups is 1. The average molecular weight is 614 g/mol. The van der Waals surface area contributed by atoms with E-state index in [1.54, 1.807) is 13.0 Å². The lowest BCUT2D eigenvalue weighted by Crippen LogP contribution is -2.47. The van der Waals surface area contributed by atoms with E-state index >= 15 is 0 Å². The number of ether oxygens (including phenoxy) is 1. The second kappa shape index (κ2) is 11.1. The van der Waals surface area contributed by atoms with Crippen LogP contribution in [0.15, 0.2) is 84.8 Å². The van der Waals surface area contributed by atoms with Gasteiger partial charge in [-0.2, -0.15) is 13.2 Å². The molecule has 0 radical (unpaired) electrons. The number of carbonyl (C=O) groups is 1. The number of hydrogen-bond acceptors (Lipinski definition) is 4. The van der Waals surface area contributed by atoms with Crippen molar-refractivity contribution in [2.75, 3.05) is 0 Å². The molecule has 0 amide bonds. The fraction of sp³-hybridized carbons (Fsp3) is 0.188. The average Bonchev–Trinajstić information content (AvgIpc) is 3.29. The summed E-state index contributed by atoms with van der Waals surface area (Å²) in [7, 11) is 0. The standard InChI is InChI=1S/C32H24Cl2F3NO4/c1-17-7-12-28(38-16-17)31(41,32(35,36)37)18(2)22-11-9-21(15-26(22)34)42-27-14-19-5-3-4-6-23(19)29(27)24-10-8-20(30(39)40)13-25(24)33/h3-16,18,29,41H,1-2H3,(H,39,40). The Bertz CT molecular complexity index is 1710. The molecule has 0 saturated heterocycles. The summed E-state index contributed by atoms with van der Waals surface area (Å²) >= 11 is 13.0. The molecule has 216 valence electrons. The number of pyridine rings is 1. The molecule has 1 aliphatic rings. The molecule has 5 rings (SSSR count). The van der Waals surface area contributed by atoms with Crippen molar-refractivity contribution in [1.82, 2.24) is 4.98 Å². The number of allylic oxidation sites excluding steroid dienone is 1. The van der Waals surface area contributed by atoms with Crippen molar-refractivity contribution in [3.63, 3.8) is 0 Å². The van der Waals surface area contributed by atoms with E-state index in [0.29, 0.717) is 16.9 Å². The maximum Gasteiger partial charge on any atom is 0.423 e. The van der Waals surface area contributed by atoms with Gasteiger partial charge in [0, 0.05) is 22.2 Å². The zero-order chi connectivity index (χ0) is 30.4. The lowest BCUT2D eigenvalue weighted by Gasteiger charge is -2.36. The zero-order valence-corrected chi connectivity index (χ0v) is 23.8. The first-order valence-electron chi connectivity index (χ1n) is 12.8. The Hall–Kier alpha value is -3.85. The van der Waals surface area contributed by atoms with Gasteiger partial charge >= 0.3 is 12.1 Å². The Morgan fingerprint density at radius 3 is 2.33 bits per heavy atom. The van der Waals surface area contributed by atoms with Crippen LogP contribution in [0.5, 0.6) is 5.75 Å². The van der Waals surface area contributed by atoms with E-state index in [0.717, 1.165) is 17.2 Å². The molecule has 2 N–H and O–H groups in total. The van der Waals surface area contributed by atoms with Gasteiger partial charge in [-0.15, -0.1) is 0 Å². The quantitative estimate of drug-likeness (QED) is 0.218. The SMILES string of the molecule is Cc1ccc(C(O)(C(C)c2ccc(OC3=Cc4ccccc4C3c3ccc(C(=O)O)cc3Cl)cc2Cl)C(F)(F)F)nc1. The van der Waals surface area contributed by atoms with E-state index in [1.807, 2.05) is 30.3 Å². The van der Waals surface area contributed by atoms with Crippen LogP contribution in [0.1, 0.15) is 62.6 Å². The van der Waals surface area contributed by atoms with Gasteiger partial charge in [-0.25, -0.2) is 4.79 Å². The third-order valence-electron chi connectivity index (χ3n) is 7.48. The summed E-state index contributed by atoms with van der Waals surface area (Å²) in [5.74, 6) is -2.38. The van der Waals surface area contributed by atoms with Crippen molar-refractivity contribution < 1.29 is 32.9 Å². The number of aromatic nitrogens is 1. The van der Waals surface area contributed by atoms with Crippen LogP contribution in [0.2, 0.25) is 10.0 Å². The predicted molar refractivity (Wildman–Crippen MR) is 154 cm³/mol. The second-order valence-electron chi connectivity index (χ2n) is 10.1. The van der Waals surface area contributed by atoms with E-state index in [2.05, 4.69) is 4.98 Å². The number of carboxylic acids is 1. The molecule has 1 aliphatic carbocycles. The Morgan fingerprint density at radius 1 is 0.976 bits per heavy atom. The van der Waals surface area contributed by atoms with Gasteiger partial charge in [-0.05, 0) is 71.1 Å². The molecule has 0 spiro atoms. The summed E-state index contributed by atoms with van der Waals surface area (Å²) in [6, 6.07) is 18.9. The maximum absolute atomic E-state index is 14.3. The molecule has 0 saturated carbocycles.